The van der Waals surface area contributed by atoms with Gasteiger partial charge in [-0.3, -0.25) is 4.79 Å². The second-order valence-corrected chi connectivity index (χ2v) is 8.22. The highest BCUT2D eigenvalue weighted by atomic mass is 32.1. The van der Waals surface area contributed by atoms with Crippen LogP contribution < -0.4 is 10.6 Å². The molecule has 1 amide bonds. The van der Waals surface area contributed by atoms with Gasteiger partial charge in [0.2, 0.25) is 5.91 Å². The number of carbonyl (C=O) groups excluding carboxylic acids is 1. The van der Waals surface area contributed by atoms with Crippen molar-refractivity contribution in [3.8, 4) is 17.0 Å². The molecule has 0 radical (unpaired) electrons. The summed E-state index contributed by atoms with van der Waals surface area (Å²) in [7, 11) is 0. The number of ether oxygens (including phenoxy) is 1. The summed E-state index contributed by atoms with van der Waals surface area (Å²) in [5.74, 6) is -0.197. The van der Waals surface area contributed by atoms with Crippen molar-refractivity contribution in [2.75, 3.05) is 25.0 Å². The van der Waals surface area contributed by atoms with Crippen molar-refractivity contribution in [1.82, 2.24) is 10.3 Å². The summed E-state index contributed by atoms with van der Waals surface area (Å²) in [6.07, 6.45) is 4.01. The van der Waals surface area contributed by atoms with Crippen molar-refractivity contribution in [2.45, 2.75) is 32.3 Å². The van der Waals surface area contributed by atoms with Gasteiger partial charge in [-0.05, 0) is 42.7 Å². The number of nitrogens with zero attached hydrogens (tertiary/aromatic N) is 1. The number of aromatic hydroxyl groups is 1. The third kappa shape index (κ3) is 7.94. The van der Waals surface area contributed by atoms with Gasteiger partial charge in [-0.25, -0.2) is 9.37 Å². The number of phenols is 1. The summed E-state index contributed by atoms with van der Waals surface area (Å²) < 4.78 is 18.2. The topological polar surface area (TPSA) is 83.5 Å². The standard InChI is InChI=1S/C24H28FN3O3S/c25-19-11-9-18(10-12-19)15-31-16-23(30)26-13-5-1-2-6-14-27-24-28-21(17-32-24)20-7-3-4-8-22(20)29/h3-4,7-12,17,29H,1-2,5-6,13-16H2,(H,26,30)(H,27,28). The molecule has 1 aromatic heterocycles. The van der Waals surface area contributed by atoms with Crippen molar-refractivity contribution >= 4 is 22.4 Å². The van der Waals surface area contributed by atoms with E-state index in [-0.39, 0.29) is 30.7 Å². The molecule has 8 heteroatoms. The molecule has 0 spiro atoms. The normalized spacial score (nSPS) is 10.8. The van der Waals surface area contributed by atoms with Crippen molar-refractivity contribution in [3.05, 3.63) is 65.3 Å². The molecular formula is C24H28FN3O3S. The lowest BCUT2D eigenvalue weighted by Crippen LogP contribution is -2.28. The number of para-hydroxylation sites is 1. The fraction of sp³-hybridized carbons (Fsp3) is 0.333. The minimum absolute atomic E-state index is 0.00213. The Kier molecular flexibility index (Phi) is 9.46. The number of hydrogen-bond donors (Lipinski definition) is 3. The maximum absolute atomic E-state index is 12.8. The zero-order valence-corrected chi connectivity index (χ0v) is 18.7. The van der Waals surface area contributed by atoms with Gasteiger partial charge in [0.05, 0.1) is 12.3 Å². The molecule has 3 aromatic rings. The molecule has 0 fully saturated rings. The van der Waals surface area contributed by atoms with Gasteiger partial charge in [-0.1, -0.05) is 37.1 Å². The lowest BCUT2D eigenvalue weighted by atomic mass is 10.1. The third-order valence-corrected chi connectivity index (χ3v) is 5.60. The fourth-order valence-electron chi connectivity index (χ4n) is 3.09. The Bertz CT molecular complexity index is 979. The molecule has 3 N–H and O–H groups in total. The summed E-state index contributed by atoms with van der Waals surface area (Å²) in [4.78, 5) is 16.3. The first-order chi connectivity index (χ1) is 15.6. The molecule has 32 heavy (non-hydrogen) atoms. The summed E-state index contributed by atoms with van der Waals surface area (Å²) in [5.41, 5.74) is 2.34. The Hall–Kier alpha value is -2.97. The number of aromatic nitrogens is 1. The van der Waals surface area contributed by atoms with E-state index in [1.54, 1.807) is 24.3 Å². The number of thiazole rings is 1. The molecule has 2 aromatic carbocycles. The lowest BCUT2D eigenvalue weighted by Gasteiger charge is -2.07. The molecular weight excluding hydrogens is 429 g/mol. The first-order valence-electron chi connectivity index (χ1n) is 10.7. The number of unbranched alkanes of at least 4 members (excludes halogenated alkanes) is 3. The maximum Gasteiger partial charge on any atom is 0.246 e. The quantitative estimate of drug-likeness (QED) is 0.316. The van der Waals surface area contributed by atoms with Gasteiger partial charge in [0, 0.05) is 24.0 Å². The number of anilines is 1. The third-order valence-electron chi connectivity index (χ3n) is 4.80. The van der Waals surface area contributed by atoms with Crippen molar-refractivity contribution in [3.63, 3.8) is 0 Å². The molecule has 0 bridgehead atoms. The smallest absolute Gasteiger partial charge is 0.246 e. The van der Waals surface area contributed by atoms with Crippen molar-refractivity contribution in [2.24, 2.45) is 0 Å². The van der Waals surface area contributed by atoms with Crippen LogP contribution in [0, 0.1) is 5.82 Å². The average Bonchev–Trinajstić information content (AvgIpc) is 3.26. The van der Waals surface area contributed by atoms with Crippen LogP contribution in [0.2, 0.25) is 0 Å². The minimum atomic E-state index is -0.288. The number of halogens is 1. The highest BCUT2D eigenvalue weighted by Gasteiger charge is 2.08. The van der Waals surface area contributed by atoms with Gasteiger partial charge < -0.3 is 20.5 Å². The number of phenolic OH excluding ortho intramolecular Hbond substituents is 1. The Morgan fingerprint density at radius 3 is 2.56 bits per heavy atom. The second-order valence-electron chi connectivity index (χ2n) is 7.37. The van der Waals surface area contributed by atoms with Gasteiger partial charge in [0.1, 0.15) is 18.2 Å². The number of hydrogen-bond acceptors (Lipinski definition) is 6. The van der Waals surface area contributed by atoms with E-state index in [0.29, 0.717) is 6.54 Å². The minimum Gasteiger partial charge on any atom is -0.507 e. The van der Waals surface area contributed by atoms with Crippen LogP contribution in [-0.2, 0) is 16.1 Å². The summed E-state index contributed by atoms with van der Waals surface area (Å²) in [6, 6.07) is 13.2. The van der Waals surface area contributed by atoms with Crippen LogP contribution in [0.1, 0.15) is 31.2 Å². The highest BCUT2D eigenvalue weighted by molar-refractivity contribution is 7.14. The van der Waals surface area contributed by atoms with Gasteiger partial charge >= 0.3 is 0 Å². The zero-order chi connectivity index (χ0) is 22.6. The fourth-order valence-corrected chi connectivity index (χ4v) is 3.83. The molecule has 0 aliphatic heterocycles. The Balaban J connectivity index is 1.19. The van der Waals surface area contributed by atoms with Gasteiger partial charge in [0.25, 0.3) is 0 Å². The molecule has 0 saturated heterocycles. The summed E-state index contributed by atoms with van der Waals surface area (Å²) in [6.45, 7) is 1.74. The van der Waals surface area contributed by atoms with Crippen LogP contribution in [0.25, 0.3) is 11.3 Å². The van der Waals surface area contributed by atoms with Crippen LogP contribution in [0.15, 0.2) is 53.9 Å². The molecule has 1 heterocycles. The first-order valence-corrected chi connectivity index (χ1v) is 11.6. The summed E-state index contributed by atoms with van der Waals surface area (Å²) in [5, 5.41) is 18.9. The highest BCUT2D eigenvalue weighted by Crippen LogP contribution is 2.31. The summed E-state index contributed by atoms with van der Waals surface area (Å²) >= 11 is 1.52. The maximum atomic E-state index is 12.8. The molecule has 0 unspecified atom stereocenters. The van der Waals surface area contributed by atoms with Crippen LogP contribution >= 0.6 is 11.3 Å². The van der Waals surface area contributed by atoms with E-state index in [0.717, 1.165) is 54.2 Å². The van der Waals surface area contributed by atoms with Crippen LogP contribution in [0.3, 0.4) is 0 Å². The van der Waals surface area contributed by atoms with Crippen LogP contribution in [-0.4, -0.2) is 35.7 Å². The monoisotopic (exact) mass is 457 g/mol. The number of rotatable bonds is 13. The van der Waals surface area contributed by atoms with E-state index < -0.39 is 0 Å². The SMILES string of the molecule is O=C(COCc1ccc(F)cc1)NCCCCCCNc1nc(-c2ccccc2O)cs1. The van der Waals surface area contributed by atoms with E-state index in [2.05, 4.69) is 15.6 Å². The molecule has 0 aliphatic carbocycles. The van der Waals surface area contributed by atoms with Crippen LogP contribution in [0.4, 0.5) is 9.52 Å². The van der Waals surface area contributed by atoms with Gasteiger partial charge in [-0.2, -0.15) is 0 Å². The molecule has 3 rings (SSSR count). The van der Waals surface area contributed by atoms with E-state index >= 15 is 0 Å². The lowest BCUT2D eigenvalue weighted by molar-refractivity contribution is -0.126. The second kappa shape index (κ2) is 12.8. The Morgan fingerprint density at radius 1 is 1.03 bits per heavy atom. The van der Waals surface area contributed by atoms with E-state index in [9.17, 15) is 14.3 Å². The molecule has 6 nitrogen and oxygen atoms in total. The van der Waals surface area contributed by atoms with E-state index in [1.807, 2.05) is 17.5 Å². The number of nitrogens with one attached hydrogen (secondary N) is 2. The van der Waals surface area contributed by atoms with Crippen molar-refractivity contribution in [1.29, 1.82) is 0 Å². The Labute approximate surface area is 191 Å². The number of benzene rings is 2. The molecule has 0 aliphatic rings. The predicted molar refractivity (Wildman–Crippen MR) is 125 cm³/mol. The zero-order valence-electron chi connectivity index (χ0n) is 17.9. The van der Waals surface area contributed by atoms with Gasteiger partial charge in [0.15, 0.2) is 5.13 Å². The van der Waals surface area contributed by atoms with E-state index in [1.165, 1.54) is 23.5 Å². The van der Waals surface area contributed by atoms with Crippen molar-refractivity contribution < 1.29 is 19.0 Å². The Morgan fingerprint density at radius 2 is 1.78 bits per heavy atom. The number of carbonyl (C=O) groups is 1. The molecule has 0 saturated carbocycles. The predicted octanol–water partition coefficient (Wildman–Crippen LogP) is 4.96. The molecule has 0 atom stereocenters. The number of amides is 1. The van der Waals surface area contributed by atoms with Crippen LogP contribution in [0.5, 0.6) is 5.75 Å². The largest absolute Gasteiger partial charge is 0.507 e. The van der Waals surface area contributed by atoms with Gasteiger partial charge in [-0.15, -0.1) is 11.3 Å². The molecule has 170 valence electrons. The van der Waals surface area contributed by atoms with E-state index in [4.69, 9.17) is 4.74 Å². The average molecular weight is 458 g/mol. The first kappa shape index (κ1) is 23.7.